The SMILES string of the molecule is CC(c1ccc(Oc2ccccc2)cc1)N1CCN(C(=O)CC(=O)NN)CC1. The van der Waals surface area contributed by atoms with E-state index in [0.717, 1.165) is 24.6 Å². The summed E-state index contributed by atoms with van der Waals surface area (Å²) in [5, 5.41) is 0. The van der Waals surface area contributed by atoms with Gasteiger partial charge >= 0.3 is 0 Å². The molecule has 0 bridgehead atoms. The van der Waals surface area contributed by atoms with Crippen LogP contribution in [0.1, 0.15) is 24.9 Å². The molecule has 1 aliphatic heterocycles. The van der Waals surface area contributed by atoms with Gasteiger partial charge in [0, 0.05) is 32.2 Å². The number of nitrogens with zero attached hydrogens (tertiary/aromatic N) is 2. The molecule has 0 aliphatic carbocycles. The molecular formula is C21H26N4O3. The molecule has 2 amide bonds. The summed E-state index contributed by atoms with van der Waals surface area (Å²) in [4.78, 5) is 27.4. The lowest BCUT2D eigenvalue weighted by Crippen LogP contribution is -2.50. The first-order valence-electron chi connectivity index (χ1n) is 9.41. The topological polar surface area (TPSA) is 87.9 Å². The van der Waals surface area contributed by atoms with Gasteiger partial charge in [-0.25, -0.2) is 5.84 Å². The normalized spacial score (nSPS) is 15.7. The van der Waals surface area contributed by atoms with Crippen LogP contribution < -0.4 is 16.0 Å². The van der Waals surface area contributed by atoms with Gasteiger partial charge in [-0.05, 0) is 36.8 Å². The molecule has 28 heavy (non-hydrogen) atoms. The van der Waals surface area contributed by atoms with E-state index < -0.39 is 5.91 Å². The summed E-state index contributed by atoms with van der Waals surface area (Å²) < 4.78 is 5.84. The minimum atomic E-state index is -0.460. The van der Waals surface area contributed by atoms with Crippen molar-refractivity contribution in [3.63, 3.8) is 0 Å². The number of nitrogens with two attached hydrogens (primary N) is 1. The van der Waals surface area contributed by atoms with Crippen molar-refractivity contribution in [3.8, 4) is 11.5 Å². The highest BCUT2D eigenvalue weighted by Crippen LogP contribution is 2.26. The van der Waals surface area contributed by atoms with Crippen LogP contribution in [0.25, 0.3) is 0 Å². The van der Waals surface area contributed by atoms with E-state index in [1.807, 2.05) is 47.9 Å². The molecule has 2 aromatic carbocycles. The van der Waals surface area contributed by atoms with Gasteiger partial charge in [-0.3, -0.25) is 19.9 Å². The highest BCUT2D eigenvalue weighted by atomic mass is 16.5. The van der Waals surface area contributed by atoms with Crippen molar-refractivity contribution in [1.29, 1.82) is 0 Å². The molecule has 148 valence electrons. The van der Waals surface area contributed by atoms with Gasteiger partial charge in [-0.15, -0.1) is 0 Å². The molecule has 1 saturated heterocycles. The van der Waals surface area contributed by atoms with Crippen molar-refractivity contribution in [2.24, 2.45) is 5.84 Å². The number of ether oxygens (including phenoxy) is 1. The van der Waals surface area contributed by atoms with E-state index in [9.17, 15) is 9.59 Å². The Labute approximate surface area is 165 Å². The zero-order chi connectivity index (χ0) is 19.9. The summed E-state index contributed by atoms with van der Waals surface area (Å²) in [6, 6.07) is 18.0. The Morgan fingerprint density at radius 1 is 1.00 bits per heavy atom. The number of benzene rings is 2. The molecular weight excluding hydrogens is 356 g/mol. The maximum Gasteiger partial charge on any atom is 0.243 e. The monoisotopic (exact) mass is 382 g/mol. The van der Waals surface area contributed by atoms with Crippen molar-refractivity contribution in [3.05, 3.63) is 60.2 Å². The van der Waals surface area contributed by atoms with E-state index in [-0.39, 0.29) is 18.4 Å². The van der Waals surface area contributed by atoms with Crippen LogP contribution in [-0.2, 0) is 9.59 Å². The third kappa shape index (κ3) is 5.09. The van der Waals surface area contributed by atoms with Crippen LogP contribution in [0.3, 0.4) is 0 Å². The molecule has 3 rings (SSSR count). The smallest absolute Gasteiger partial charge is 0.243 e. The fourth-order valence-electron chi connectivity index (χ4n) is 3.31. The van der Waals surface area contributed by atoms with E-state index in [1.54, 1.807) is 4.90 Å². The van der Waals surface area contributed by atoms with Gasteiger partial charge in [0.15, 0.2) is 0 Å². The highest BCUT2D eigenvalue weighted by molar-refractivity contribution is 5.96. The maximum atomic E-state index is 12.1. The third-order valence-corrected chi connectivity index (χ3v) is 5.03. The number of nitrogens with one attached hydrogen (secondary N) is 1. The van der Waals surface area contributed by atoms with Crippen LogP contribution in [0.15, 0.2) is 54.6 Å². The minimum absolute atomic E-state index is 0.183. The number of carbonyl (C=O) groups excluding carboxylic acids is 2. The molecule has 1 atom stereocenters. The number of rotatable bonds is 6. The van der Waals surface area contributed by atoms with E-state index in [2.05, 4.69) is 24.0 Å². The largest absolute Gasteiger partial charge is 0.457 e. The summed E-state index contributed by atoms with van der Waals surface area (Å²) in [6.45, 7) is 4.90. The fraction of sp³-hybridized carbons (Fsp3) is 0.333. The predicted molar refractivity (Wildman–Crippen MR) is 106 cm³/mol. The second kappa shape index (κ2) is 9.34. The first-order chi connectivity index (χ1) is 13.6. The van der Waals surface area contributed by atoms with Crippen molar-refractivity contribution in [1.82, 2.24) is 15.2 Å². The Kier molecular flexibility index (Phi) is 6.62. The zero-order valence-corrected chi connectivity index (χ0v) is 16.0. The number of amides is 2. The lowest BCUT2D eigenvalue weighted by molar-refractivity contribution is -0.137. The number of hydrogen-bond donors (Lipinski definition) is 2. The van der Waals surface area contributed by atoms with E-state index in [1.165, 1.54) is 5.56 Å². The standard InChI is InChI=1S/C21H26N4O3/c1-16(24-11-13-25(14-12-24)21(27)15-20(26)23-22)17-7-9-19(10-8-17)28-18-5-3-2-4-6-18/h2-10,16H,11-15,22H2,1H3,(H,23,26). The summed E-state index contributed by atoms with van der Waals surface area (Å²) >= 11 is 0. The number of hydrazine groups is 1. The van der Waals surface area contributed by atoms with Gasteiger partial charge in [-0.1, -0.05) is 30.3 Å². The van der Waals surface area contributed by atoms with Gasteiger partial charge in [0.25, 0.3) is 0 Å². The first kappa shape index (κ1) is 19.9. The summed E-state index contributed by atoms with van der Waals surface area (Å²) in [5.41, 5.74) is 3.19. The molecule has 7 heteroatoms. The molecule has 0 aromatic heterocycles. The minimum Gasteiger partial charge on any atom is -0.457 e. The summed E-state index contributed by atoms with van der Waals surface area (Å²) in [5.74, 6) is 6.01. The molecule has 1 unspecified atom stereocenters. The molecule has 2 aromatic rings. The van der Waals surface area contributed by atoms with E-state index in [4.69, 9.17) is 10.6 Å². The molecule has 0 radical (unpaired) electrons. The van der Waals surface area contributed by atoms with Gasteiger partial charge in [-0.2, -0.15) is 0 Å². The van der Waals surface area contributed by atoms with Crippen molar-refractivity contribution in [2.45, 2.75) is 19.4 Å². The number of hydrogen-bond acceptors (Lipinski definition) is 5. The predicted octanol–water partition coefficient (Wildman–Crippen LogP) is 2.06. The number of para-hydroxylation sites is 1. The number of piperazine rings is 1. The van der Waals surface area contributed by atoms with E-state index in [0.29, 0.717) is 13.1 Å². The molecule has 3 N–H and O–H groups in total. The average molecular weight is 382 g/mol. The Hall–Kier alpha value is -2.90. The van der Waals surface area contributed by atoms with Crippen molar-refractivity contribution >= 4 is 11.8 Å². The second-order valence-corrected chi connectivity index (χ2v) is 6.82. The average Bonchev–Trinajstić information content (AvgIpc) is 2.74. The van der Waals surface area contributed by atoms with Crippen LogP contribution in [0.2, 0.25) is 0 Å². The fourth-order valence-corrected chi connectivity index (χ4v) is 3.31. The van der Waals surface area contributed by atoms with Crippen LogP contribution in [0, 0.1) is 0 Å². The van der Waals surface area contributed by atoms with Crippen LogP contribution in [0.5, 0.6) is 11.5 Å². The summed E-state index contributed by atoms with van der Waals surface area (Å²) in [6.07, 6.45) is -0.199. The maximum absolute atomic E-state index is 12.1. The zero-order valence-electron chi connectivity index (χ0n) is 16.0. The second-order valence-electron chi connectivity index (χ2n) is 6.82. The Morgan fingerprint density at radius 3 is 2.21 bits per heavy atom. The molecule has 1 heterocycles. The molecule has 1 fully saturated rings. The highest BCUT2D eigenvalue weighted by Gasteiger charge is 2.25. The van der Waals surface area contributed by atoms with Crippen LogP contribution >= 0.6 is 0 Å². The lowest BCUT2D eigenvalue weighted by Gasteiger charge is -2.38. The Balaban J connectivity index is 1.53. The third-order valence-electron chi connectivity index (χ3n) is 5.03. The Morgan fingerprint density at radius 2 is 1.61 bits per heavy atom. The molecule has 7 nitrogen and oxygen atoms in total. The van der Waals surface area contributed by atoms with Gasteiger partial charge in [0.05, 0.1) is 0 Å². The first-order valence-corrected chi connectivity index (χ1v) is 9.41. The molecule has 1 aliphatic rings. The van der Waals surface area contributed by atoms with E-state index >= 15 is 0 Å². The van der Waals surface area contributed by atoms with Crippen molar-refractivity contribution < 1.29 is 14.3 Å². The molecule has 0 saturated carbocycles. The summed E-state index contributed by atoms with van der Waals surface area (Å²) in [7, 11) is 0. The van der Waals surface area contributed by atoms with Crippen LogP contribution in [-0.4, -0.2) is 47.8 Å². The van der Waals surface area contributed by atoms with Crippen molar-refractivity contribution in [2.75, 3.05) is 26.2 Å². The Bertz CT molecular complexity index is 787. The quantitative estimate of drug-likeness (QED) is 0.346. The van der Waals surface area contributed by atoms with Gasteiger partial charge in [0.2, 0.25) is 11.8 Å². The molecule has 0 spiro atoms. The lowest BCUT2D eigenvalue weighted by atomic mass is 10.1. The number of carbonyl (C=O) groups is 2. The van der Waals surface area contributed by atoms with Gasteiger partial charge < -0.3 is 9.64 Å². The van der Waals surface area contributed by atoms with Gasteiger partial charge in [0.1, 0.15) is 17.9 Å². The van der Waals surface area contributed by atoms with Crippen LogP contribution in [0.4, 0.5) is 0 Å².